The lowest BCUT2D eigenvalue weighted by molar-refractivity contribution is 0.581. The van der Waals surface area contributed by atoms with Crippen LogP contribution in [0.5, 0.6) is 0 Å². The number of aromatic nitrogens is 2. The molecule has 0 aliphatic rings. The number of nitrogens with two attached hydrogens (primary N) is 1. The zero-order valence-electron chi connectivity index (χ0n) is 8.77. The van der Waals surface area contributed by atoms with Crippen LogP contribution in [0.4, 0.5) is 0 Å². The SMILES string of the molecule is Cc1cc(C(NN)c2nccn2C)cs1. The minimum absolute atomic E-state index is 0.0325. The summed E-state index contributed by atoms with van der Waals surface area (Å²) >= 11 is 1.72. The lowest BCUT2D eigenvalue weighted by Crippen LogP contribution is -2.30. The third-order valence-electron chi connectivity index (χ3n) is 2.37. The van der Waals surface area contributed by atoms with Crippen LogP contribution in [0.25, 0.3) is 0 Å². The van der Waals surface area contributed by atoms with Crippen LogP contribution in [0, 0.1) is 6.92 Å². The second-order valence-corrected chi connectivity index (χ2v) is 4.60. The summed E-state index contributed by atoms with van der Waals surface area (Å²) in [6.45, 7) is 2.08. The second kappa shape index (κ2) is 4.14. The van der Waals surface area contributed by atoms with Crippen molar-refractivity contribution in [3.05, 3.63) is 40.1 Å². The van der Waals surface area contributed by atoms with Crippen molar-refractivity contribution in [3.8, 4) is 0 Å². The summed E-state index contributed by atoms with van der Waals surface area (Å²) in [5, 5.41) is 2.11. The molecule has 80 valence electrons. The van der Waals surface area contributed by atoms with Gasteiger partial charge in [-0.15, -0.1) is 11.3 Å². The number of hydrazine groups is 1. The molecule has 1 atom stereocenters. The first-order valence-corrected chi connectivity index (χ1v) is 5.58. The van der Waals surface area contributed by atoms with Crippen LogP contribution in [-0.4, -0.2) is 9.55 Å². The molecule has 2 heterocycles. The average molecular weight is 222 g/mol. The summed E-state index contributed by atoms with van der Waals surface area (Å²) in [5.41, 5.74) is 3.96. The van der Waals surface area contributed by atoms with Crippen molar-refractivity contribution < 1.29 is 0 Å². The van der Waals surface area contributed by atoms with E-state index >= 15 is 0 Å². The largest absolute Gasteiger partial charge is 0.336 e. The summed E-state index contributed by atoms with van der Waals surface area (Å²) in [7, 11) is 1.96. The minimum atomic E-state index is -0.0325. The molecule has 0 spiro atoms. The fourth-order valence-corrected chi connectivity index (χ4v) is 2.32. The number of nitrogens with zero attached hydrogens (tertiary/aromatic N) is 2. The molecule has 1 unspecified atom stereocenters. The monoisotopic (exact) mass is 222 g/mol. The zero-order valence-corrected chi connectivity index (χ0v) is 9.58. The Morgan fingerprint density at radius 1 is 1.60 bits per heavy atom. The molecule has 15 heavy (non-hydrogen) atoms. The molecule has 2 aromatic rings. The molecule has 0 bridgehead atoms. The van der Waals surface area contributed by atoms with E-state index in [9.17, 15) is 0 Å². The Morgan fingerprint density at radius 2 is 2.40 bits per heavy atom. The highest BCUT2D eigenvalue weighted by molar-refractivity contribution is 7.10. The number of imidazole rings is 1. The van der Waals surface area contributed by atoms with E-state index in [1.807, 2.05) is 17.8 Å². The van der Waals surface area contributed by atoms with Crippen LogP contribution in [0.3, 0.4) is 0 Å². The van der Waals surface area contributed by atoms with Gasteiger partial charge in [0.1, 0.15) is 11.9 Å². The highest BCUT2D eigenvalue weighted by Gasteiger charge is 2.17. The molecular weight excluding hydrogens is 208 g/mol. The maximum atomic E-state index is 5.58. The first kappa shape index (κ1) is 10.4. The van der Waals surface area contributed by atoms with E-state index in [0.717, 1.165) is 11.4 Å². The summed E-state index contributed by atoms with van der Waals surface area (Å²) in [6, 6.07) is 2.10. The maximum Gasteiger partial charge on any atom is 0.131 e. The summed E-state index contributed by atoms with van der Waals surface area (Å²) in [4.78, 5) is 5.57. The van der Waals surface area contributed by atoms with Gasteiger partial charge in [-0.25, -0.2) is 10.4 Å². The molecule has 0 saturated carbocycles. The van der Waals surface area contributed by atoms with Crippen molar-refractivity contribution in [2.24, 2.45) is 12.9 Å². The predicted molar refractivity (Wildman–Crippen MR) is 61.4 cm³/mol. The lowest BCUT2D eigenvalue weighted by atomic mass is 10.1. The van der Waals surface area contributed by atoms with Crippen LogP contribution in [0.2, 0.25) is 0 Å². The Bertz CT molecular complexity index is 446. The van der Waals surface area contributed by atoms with Crippen LogP contribution >= 0.6 is 11.3 Å². The van der Waals surface area contributed by atoms with Gasteiger partial charge in [0.05, 0.1) is 0 Å². The Morgan fingerprint density at radius 3 is 2.87 bits per heavy atom. The number of thiophene rings is 1. The molecule has 2 aromatic heterocycles. The fourth-order valence-electron chi connectivity index (χ4n) is 1.59. The Hall–Kier alpha value is -1.17. The molecular formula is C10H14N4S. The number of hydrogen-bond acceptors (Lipinski definition) is 4. The van der Waals surface area contributed by atoms with Crippen molar-refractivity contribution in [1.29, 1.82) is 0 Å². The number of rotatable bonds is 3. The van der Waals surface area contributed by atoms with Gasteiger partial charge in [0.15, 0.2) is 0 Å². The van der Waals surface area contributed by atoms with Crippen molar-refractivity contribution in [3.63, 3.8) is 0 Å². The van der Waals surface area contributed by atoms with E-state index < -0.39 is 0 Å². The third-order valence-corrected chi connectivity index (χ3v) is 3.25. The maximum absolute atomic E-state index is 5.58. The van der Waals surface area contributed by atoms with Gasteiger partial charge < -0.3 is 4.57 Å². The topological polar surface area (TPSA) is 55.9 Å². The quantitative estimate of drug-likeness (QED) is 0.608. The molecule has 3 N–H and O–H groups in total. The van der Waals surface area contributed by atoms with E-state index in [4.69, 9.17) is 5.84 Å². The second-order valence-electron chi connectivity index (χ2n) is 3.49. The van der Waals surface area contributed by atoms with Gasteiger partial charge >= 0.3 is 0 Å². The molecule has 0 aromatic carbocycles. The van der Waals surface area contributed by atoms with Gasteiger partial charge in [-0.2, -0.15) is 0 Å². The summed E-state index contributed by atoms with van der Waals surface area (Å²) in [5.74, 6) is 6.50. The molecule has 0 aliphatic carbocycles. The minimum Gasteiger partial charge on any atom is -0.336 e. The van der Waals surface area contributed by atoms with Crippen molar-refractivity contribution in [2.75, 3.05) is 0 Å². The predicted octanol–water partition coefficient (Wildman–Crippen LogP) is 1.34. The van der Waals surface area contributed by atoms with E-state index in [2.05, 4.69) is 28.8 Å². The van der Waals surface area contributed by atoms with Gasteiger partial charge in [-0.05, 0) is 23.9 Å². The summed E-state index contributed by atoms with van der Waals surface area (Å²) < 4.78 is 1.97. The molecule has 0 radical (unpaired) electrons. The van der Waals surface area contributed by atoms with Crippen molar-refractivity contribution >= 4 is 11.3 Å². The number of aryl methyl sites for hydroxylation is 2. The zero-order chi connectivity index (χ0) is 10.8. The van der Waals surface area contributed by atoms with Crippen LogP contribution in [0.15, 0.2) is 23.8 Å². The van der Waals surface area contributed by atoms with Gasteiger partial charge in [-0.1, -0.05) is 0 Å². The standard InChI is InChI=1S/C10H14N4S/c1-7-5-8(6-15-7)9(13-11)10-12-3-4-14(10)2/h3-6,9,13H,11H2,1-2H3. The highest BCUT2D eigenvalue weighted by Crippen LogP contribution is 2.24. The Kier molecular flexibility index (Phi) is 2.86. The van der Waals surface area contributed by atoms with Crippen LogP contribution in [-0.2, 0) is 7.05 Å². The fraction of sp³-hybridized carbons (Fsp3) is 0.300. The number of nitrogens with one attached hydrogen (secondary N) is 1. The Labute approximate surface area is 92.7 Å². The van der Waals surface area contributed by atoms with Gasteiger partial charge in [-0.3, -0.25) is 5.84 Å². The van der Waals surface area contributed by atoms with Gasteiger partial charge in [0.25, 0.3) is 0 Å². The van der Waals surface area contributed by atoms with E-state index in [0.29, 0.717) is 0 Å². The van der Waals surface area contributed by atoms with Crippen LogP contribution < -0.4 is 11.3 Å². The normalized spacial score (nSPS) is 13.0. The van der Waals surface area contributed by atoms with Gasteiger partial charge in [0, 0.05) is 24.3 Å². The molecule has 0 amide bonds. The van der Waals surface area contributed by atoms with Crippen molar-refractivity contribution in [1.82, 2.24) is 15.0 Å². The first-order chi connectivity index (χ1) is 7.22. The van der Waals surface area contributed by atoms with E-state index in [1.54, 1.807) is 17.5 Å². The van der Waals surface area contributed by atoms with Crippen LogP contribution in [0.1, 0.15) is 22.3 Å². The molecule has 2 rings (SSSR count). The van der Waals surface area contributed by atoms with Crippen molar-refractivity contribution in [2.45, 2.75) is 13.0 Å². The van der Waals surface area contributed by atoms with E-state index in [1.165, 1.54) is 4.88 Å². The molecule has 5 heteroatoms. The Balaban J connectivity index is 2.36. The van der Waals surface area contributed by atoms with Gasteiger partial charge in [0.2, 0.25) is 0 Å². The number of hydrogen-bond donors (Lipinski definition) is 2. The highest BCUT2D eigenvalue weighted by atomic mass is 32.1. The average Bonchev–Trinajstić information content (AvgIpc) is 2.79. The molecule has 0 saturated heterocycles. The molecule has 0 aliphatic heterocycles. The molecule has 4 nitrogen and oxygen atoms in total. The lowest BCUT2D eigenvalue weighted by Gasteiger charge is -2.14. The molecule has 0 fully saturated rings. The summed E-state index contributed by atoms with van der Waals surface area (Å²) in [6.07, 6.45) is 3.69. The first-order valence-electron chi connectivity index (χ1n) is 4.70. The third kappa shape index (κ3) is 1.94. The smallest absolute Gasteiger partial charge is 0.131 e. The van der Waals surface area contributed by atoms with E-state index in [-0.39, 0.29) is 6.04 Å².